The molecule has 1 amide bonds. The highest BCUT2D eigenvalue weighted by Gasteiger charge is 2.30. The summed E-state index contributed by atoms with van der Waals surface area (Å²) in [5.74, 6) is 1.50. The number of hydrogen-bond donors (Lipinski definition) is 1. The van der Waals surface area contributed by atoms with Crippen LogP contribution in [0, 0.1) is 0 Å². The van der Waals surface area contributed by atoms with E-state index in [0.29, 0.717) is 24.8 Å². The molecule has 2 heterocycles. The Morgan fingerprint density at radius 2 is 2.04 bits per heavy atom. The van der Waals surface area contributed by atoms with E-state index < -0.39 is 0 Å². The summed E-state index contributed by atoms with van der Waals surface area (Å²) >= 11 is 0. The van der Waals surface area contributed by atoms with Gasteiger partial charge in [-0.15, -0.1) is 0 Å². The van der Waals surface area contributed by atoms with Crippen LogP contribution in [0.25, 0.3) is 0 Å². The Bertz CT molecular complexity index is 572. The summed E-state index contributed by atoms with van der Waals surface area (Å²) in [4.78, 5) is 19.2. The van der Waals surface area contributed by atoms with Crippen molar-refractivity contribution in [3.05, 3.63) is 11.7 Å². The van der Waals surface area contributed by atoms with Crippen LogP contribution in [0.2, 0.25) is 0 Å². The van der Waals surface area contributed by atoms with Crippen molar-refractivity contribution in [2.75, 3.05) is 13.1 Å². The van der Waals surface area contributed by atoms with Gasteiger partial charge in [-0.3, -0.25) is 9.69 Å². The molecule has 1 atom stereocenters. The molecule has 1 aromatic rings. The van der Waals surface area contributed by atoms with Crippen LogP contribution in [0.15, 0.2) is 4.52 Å². The summed E-state index contributed by atoms with van der Waals surface area (Å²) in [6.45, 7) is 8.34. The second kappa shape index (κ2) is 7.85. The molecule has 1 N–H and O–H groups in total. The van der Waals surface area contributed by atoms with E-state index >= 15 is 0 Å². The molecule has 0 bridgehead atoms. The maximum atomic E-state index is 12.2. The molecule has 1 aliphatic carbocycles. The third-order valence-electron chi connectivity index (χ3n) is 5.36. The highest BCUT2D eigenvalue weighted by Crippen LogP contribution is 2.26. The van der Waals surface area contributed by atoms with Crippen LogP contribution in [0.1, 0.15) is 77.4 Å². The average Bonchev–Trinajstić information content (AvgIpc) is 3.27. The maximum absolute atomic E-state index is 12.2. The summed E-state index contributed by atoms with van der Waals surface area (Å²) in [7, 11) is 0. The molecule has 25 heavy (non-hydrogen) atoms. The van der Waals surface area contributed by atoms with E-state index in [0.717, 1.165) is 37.8 Å². The first-order valence-corrected chi connectivity index (χ1v) is 9.78. The second-order valence-corrected chi connectivity index (χ2v) is 8.60. The summed E-state index contributed by atoms with van der Waals surface area (Å²) < 4.78 is 5.28. The summed E-state index contributed by atoms with van der Waals surface area (Å²) in [5.41, 5.74) is -0.104. The van der Waals surface area contributed by atoms with Gasteiger partial charge in [-0.2, -0.15) is 4.98 Å². The number of aromatic nitrogens is 2. The van der Waals surface area contributed by atoms with Crippen LogP contribution in [0.4, 0.5) is 0 Å². The number of hydrogen-bond acceptors (Lipinski definition) is 5. The lowest BCUT2D eigenvalue weighted by molar-refractivity contribution is -0.121. The van der Waals surface area contributed by atoms with Crippen LogP contribution in [-0.4, -0.2) is 46.1 Å². The summed E-state index contributed by atoms with van der Waals surface area (Å²) in [6, 6.07) is 1.08. The fourth-order valence-corrected chi connectivity index (χ4v) is 3.87. The normalized spacial score (nSPS) is 22.6. The number of rotatable bonds is 6. The van der Waals surface area contributed by atoms with E-state index in [1.807, 2.05) is 0 Å². The number of likely N-dealkylation sites (tertiary alicyclic amines) is 1. The Kier molecular flexibility index (Phi) is 5.77. The van der Waals surface area contributed by atoms with Gasteiger partial charge in [0.1, 0.15) is 0 Å². The molecule has 0 unspecified atom stereocenters. The van der Waals surface area contributed by atoms with E-state index in [2.05, 4.69) is 41.1 Å². The average molecular weight is 348 g/mol. The molecule has 0 radical (unpaired) electrons. The molecular formula is C19H32N4O2. The Hall–Kier alpha value is -1.43. The number of aryl methyl sites for hydroxylation is 1. The lowest BCUT2D eigenvalue weighted by atomic mass is 9.96. The largest absolute Gasteiger partial charge is 0.352 e. The van der Waals surface area contributed by atoms with Gasteiger partial charge in [0.2, 0.25) is 11.8 Å². The van der Waals surface area contributed by atoms with Crippen molar-refractivity contribution >= 4 is 5.91 Å². The van der Waals surface area contributed by atoms with Gasteiger partial charge in [-0.1, -0.05) is 38.8 Å². The van der Waals surface area contributed by atoms with Crippen molar-refractivity contribution in [2.24, 2.45) is 0 Å². The van der Waals surface area contributed by atoms with Gasteiger partial charge in [0, 0.05) is 43.4 Å². The van der Waals surface area contributed by atoms with Gasteiger partial charge >= 0.3 is 0 Å². The minimum absolute atomic E-state index is 0.104. The molecule has 1 saturated carbocycles. The summed E-state index contributed by atoms with van der Waals surface area (Å²) in [5, 5.41) is 7.22. The van der Waals surface area contributed by atoms with E-state index in [1.54, 1.807) is 0 Å². The van der Waals surface area contributed by atoms with Gasteiger partial charge in [0.25, 0.3) is 0 Å². The van der Waals surface area contributed by atoms with Gasteiger partial charge in [0.15, 0.2) is 5.82 Å². The number of amides is 1. The molecule has 0 aromatic carbocycles. The minimum atomic E-state index is -0.104. The first kappa shape index (κ1) is 18.4. The maximum Gasteiger partial charge on any atom is 0.226 e. The zero-order chi connectivity index (χ0) is 17.9. The van der Waals surface area contributed by atoms with Gasteiger partial charge in [0.05, 0.1) is 0 Å². The predicted molar refractivity (Wildman–Crippen MR) is 96.3 cm³/mol. The van der Waals surface area contributed by atoms with E-state index in [-0.39, 0.29) is 11.3 Å². The molecule has 6 nitrogen and oxygen atoms in total. The smallest absolute Gasteiger partial charge is 0.226 e. The zero-order valence-electron chi connectivity index (χ0n) is 15.9. The Morgan fingerprint density at radius 1 is 1.28 bits per heavy atom. The predicted octanol–water partition coefficient (Wildman–Crippen LogP) is 2.82. The Morgan fingerprint density at radius 3 is 2.72 bits per heavy atom. The van der Waals surface area contributed by atoms with Crippen molar-refractivity contribution in [1.82, 2.24) is 20.4 Å². The highest BCUT2D eigenvalue weighted by molar-refractivity contribution is 5.76. The fraction of sp³-hybridized carbons (Fsp3) is 0.842. The van der Waals surface area contributed by atoms with E-state index in [9.17, 15) is 4.79 Å². The minimum Gasteiger partial charge on any atom is -0.352 e. The number of nitrogens with one attached hydrogen (secondary N) is 1. The number of carbonyl (C=O) groups excluding carboxylic acids is 1. The number of nitrogens with zero attached hydrogens (tertiary/aromatic N) is 3. The van der Waals surface area contributed by atoms with Crippen LogP contribution in [0.3, 0.4) is 0 Å². The quantitative estimate of drug-likeness (QED) is 0.856. The molecule has 2 aliphatic rings. The Labute approximate surface area is 150 Å². The standard InChI is InChI=1S/C19H32N4O2/c1-19(2,3)18-21-17(25-22-18)10-6-9-16(24)20-14-11-12-23(13-14)15-7-4-5-8-15/h14-15H,4-13H2,1-3H3,(H,20,24)/t14-/m0/s1. The lowest BCUT2D eigenvalue weighted by Gasteiger charge is -2.23. The van der Waals surface area contributed by atoms with Crippen molar-refractivity contribution in [2.45, 2.75) is 89.6 Å². The summed E-state index contributed by atoms with van der Waals surface area (Å²) in [6.07, 6.45) is 8.42. The molecule has 1 aromatic heterocycles. The first-order chi connectivity index (χ1) is 11.9. The topological polar surface area (TPSA) is 71.3 Å². The van der Waals surface area contributed by atoms with Gasteiger partial charge < -0.3 is 9.84 Å². The Balaban J connectivity index is 1.35. The molecule has 140 valence electrons. The zero-order valence-corrected chi connectivity index (χ0v) is 15.9. The van der Waals surface area contributed by atoms with E-state index in [4.69, 9.17) is 4.52 Å². The lowest BCUT2D eigenvalue weighted by Crippen LogP contribution is -2.39. The molecule has 6 heteroatoms. The first-order valence-electron chi connectivity index (χ1n) is 9.78. The van der Waals surface area contributed by atoms with Crippen molar-refractivity contribution in [1.29, 1.82) is 0 Å². The van der Waals surface area contributed by atoms with Crippen molar-refractivity contribution < 1.29 is 9.32 Å². The van der Waals surface area contributed by atoms with Crippen molar-refractivity contribution in [3.63, 3.8) is 0 Å². The fourth-order valence-electron chi connectivity index (χ4n) is 3.87. The number of carbonyl (C=O) groups is 1. The highest BCUT2D eigenvalue weighted by atomic mass is 16.5. The van der Waals surface area contributed by atoms with Gasteiger partial charge in [-0.25, -0.2) is 0 Å². The third-order valence-corrected chi connectivity index (χ3v) is 5.36. The SMILES string of the molecule is CC(C)(C)c1noc(CCCC(=O)N[C@H]2CCN(C3CCCC3)C2)n1. The molecule has 0 spiro atoms. The van der Waals surface area contributed by atoms with Gasteiger partial charge in [-0.05, 0) is 25.7 Å². The van der Waals surface area contributed by atoms with Crippen LogP contribution in [-0.2, 0) is 16.6 Å². The molecule has 1 saturated heterocycles. The third kappa shape index (κ3) is 5.03. The van der Waals surface area contributed by atoms with Crippen LogP contribution in [0.5, 0.6) is 0 Å². The molecule has 2 fully saturated rings. The molecular weight excluding hydrogens is 316 g/mol. The second-order valence-electron chi connectivity index (χ2n) is 8.60. The molecule has 3 rings (SSSR count). The monoisotopic (exact) mass is 348 g/mol. The van der Waals surface area contributed by atoms with Crippen LogP contribution >= 0.6 is 0 Å². The van der Waals surface area contributed by atoms with E-state index in [1.165, 1.54) is 25.7 Å². The van der Waals surface area contributed by atoms with Crippen molar-refractivity contribution in [3.8, 4) is 0 Å². The molecule has 1 aliphatic heterocycles. The van der Waals surface area contributed by atoms with Crippen LogP contribution < -0.4 is 5.32 Å².